The van der Waals surface area contributed by atoms with Gasteiger partial charge in [0, 0.05) is 22.6 Å². The molecule has 0 heterocycles. The number of hydrogen-bond donors (Lipinski definition) is 2. The van der Waals surface area contributed by atoms with Crippen molar-refractivity contribution in [1.82, 2.24) is 5.32 Å². The zero-order valence-electron chi connectivity index (χ0n) is 11.6. The van der Waals surface area contributed by atoms with E-state index >= 15 is 0 Å². The van der Waals surface area contributed by atoms with Crippen molar-refractivity contribution >= 4 is 34.2 Å². The fourth-order valence-corrected chi connectivity index (χ4v) is 2.16. The molecule has 0 aromatic heterocycles. The summed E-state index contributed by atoms with van der Waals surface area (Å²) in [4.78, 5) is 12.1. The first kappa shape index (κ1) is 18.4. The van der Waals surface area contributed by atoms with Crippen molar-refractivity contribution in [2.75, 3.05) is 6.54 Å². The largest absolute Gasteiger partial charge is 0.348 e. The van der Waals surface area contributed by atoms with Crippen LogP contribution in [0.2, 0.25) is 0 Å². The molecule has 0 bridgehead atoms. The lowest BCUT2D eigenvalue weighted by Gasteiger charge is -2.19. The van der Waals surface area contributed by atoms with Crippen LogP contribution in [-0.2, 0) is 0 Å². The Bertz CT molecular complexity index is 424. The summed E-state index contributed by atoms with van der Waals surface area (Å²) in [6, 6.07) is 5.64. The van der Waals surface area contributed by atoms with Gasteiger partial charge in [-0.25, -0.2) is 0 Å². The summed E-state index contributed by atoms with van der Waals surface area (Å²) in [6.45, 7) is 6.71. The van der Waals surface area contributed by atoms with Gasteiger partial charge in [-0.3, -0.25) is 4.79 Å². The Morgan fingerprint density at radius 3 is 2.53 bits per heavy atom. The molecule has 19 heavy (non-hydrogen) atoms. The number of aryl methyl sites for hydroxylation is 1. The SMILES string of the molecule is Cc1ccc(C(=O)NC(CN)CC(C)C)cc1Br.Cl. The van der Waals surface area contributed by atoms with Gasteiger partial charge in [0.1, 0.15) is 0 Å². The van der Waals surface area contributed by atoms with Gasteiger partial charge in [0.25, 0.3) is 5.91 Å². The lowest BCUT2D eigenvalue weighted by molar-refractivity contribution is 0.0933. The number of carbonyl (C=O) groups is 1. The van der Waals surface area contributed by atoms with Gasteiger partial charge in [-0.15, -0.1) is 12.4 Å². The fourth-order valence-electron chi connectivity index (χ4n) is 1.79. The maximum absolute atomic E-state index is 12.1. The molecular formula is C14H22BrClN2O. The van der Waals surface area contributed by atoms with Crippen molar-refractivity contribution in [2.24, 2.45) is 11.7 Å². The number of nitrogens with two attached hydrogens (primary N) is 1. The van der Waals surface area contributed by atoms with Crippen molar-refractivity contribution in [3.05, 3.63) is 33.8 Å². The van der Waals surface area contributed by atoms with Crippen molar-refractivity contribution in [1.29, 1.82) is 0 Å². The predicted molar refractivity (Wildman–Crippen MR) is 85.9 cm³/mol. The summed E-state index contributed by atoms with van der Waals surface area (Å²) < 4.78 is 0.948. The molecule has 0 aliphatic heterocycles. The third kappa shape index (κ3) is 5.93. The molecule has 1 aromatic rings. The molecule has 0 spiro atoms. The molecule has 1 unspecified atom stereocenters. The van der Waals surface area contributed by atoms with Crippen molar-refractivity contribution in [2.45, 2.75) is 33.2 Å². The Kier molecular flexibility index (Phi) is 8.30. The number of nitrogens with one attached hydrogen (secondary N) is 1. The van der Waals surface area contributed by atoms with Gasteiger partial charge in [0.05, 0.1) is 0 Å². The van der Waals surface area contributed by atoms with Crippen LogP contribution in [0.3, 0.4) is 0 Å². The third-order valence-corrected chi connectivity index (χ3v) is 3.66. The third-order valence-electron chi connectivity index (χ3n) is 2.81. The fraction of sp³-hybridized carbons (Fsp3) is 0.500. The minimum absolute atomic E-state index is 0. The van der Waals surface area contributed by atoms with E-state index in [9.17, 15) is 4.79 Å². The van der Waals surface area contributed by atoms with E-state index in [4.69, 9.17) is 5.73 Å². The highest BCUT2D eigenvalue weighted by atomic mass is 79.9. The Morgan fingerprint density at radius 2 is 2.05 bits per heavy atom. The lowest BCUT2D eigenvalue weighted by atomic mass is 10.0. The van der Waals surface area contributed by atoms with Gasteiger partial charge in [0.15, 0.2) is 0 Å². The molecule has 1 rings (SSSR count). The molecule has 5 heteroatoms. The van der Waals surface area contributed by atoms with Gasteiger partial charge in [-0.05, 0) is 37.0 Å². The Balaban J connectivity index is 0.00000324. The van der Waals surface area contributed by atoms with Crippen molar-refractivity contribution in [3.8, 4) is 0 Å². The molecule has 0 aliphatic rings. The Labute approximate surface area is 129 Å². The molecule has 0 saturated carbocycles. The van der Waals surface area contributed by atoms with Gasteiger partial charge >= 0.3 is 0 Å². The summed E-state index contributed by atoms with van der Waals surface area (Å²) >= 11 is 3.43. The monoisotopic (exact) mass is 348 g/mol. The van der Waals surface area contributed by atoms with E-state index in [-0.39, 0.29) is 24.4 Å². The van der Waals surface area contributed by atoms with Crippen LogP contribution in [0.4, 0.5) is 0 Å². The standard InChI is InChI=1S/C14H21BrN2O.ClH/c1-9(2)6-12(8-16)17-14(18)11-5-4-10(3)13(15)7-11;/h4-5,7,9,12H,6,8,16H2,1-3H3,(H,17,18);1H. The smallest absolute Gasteiger partial charge is 0.251 e. The highest BCUT2D eigenvalue weighted by Crippen LogP contribution is 2.17. The van der Waals surface area contributed by atoms with E-state index in [0.29, 0.717) is 18.0 Å². The maximum atomic E-state index is 12.1. The number of benzene rings is 1. The normalized spacial score (nSPS) is 11.9. The highest BCUT2D eigenvalue weighted by molar-refractivity contribution is 9.10. The Hall–Kier alpha value is -0.580. The summed E-state index contributed by atoms with van der Waals surface area (Å²) in [5.41, 5.74) is 7.45. The summed E-state index contributed by atoms with van der Waals surface area (Å²) in [5, 5.41) is 2.98. The first-order chi connectivity index (χ1) is 8.43. The molecule has 0 aliphatic carbocycles. The van der Waals surface area contributed by atoms with E-state index in [1.807, 2.05) is 25.1 Å². The van der Waals surface area contributed by atoms with Crippen LogP contribution in [0.15, 0.2) is 22.7 Å². The van der Waals surface area contributed by atoms with Gasteiger partial charge in [0.2, 0.25) is 0 Å². The second kappa shape index (κ2) is 8.56. The molecule has 0 radical (unpaired) electrons. The van der Waals surface area contributed by atoms with Crippen LogP contribution >= 0.6 is 28.3 Å². The second-order valence-corrected chi connectivity index (χ2v) is 5.85. The van der Waals surface area contributed by atoms with E-state index in [0.717, 1.165) is 16.5 Å². The quantitative estimate of drug-likeness (QED) is 0.857. The average Bonchev–Trinajstić information content (AvgIpc) is 2.31. The van der Waals surface area contributed by atoms with Crippen molar-refractivity contribution < 1.29 is 4.79 Å². The Morgan fingerprint density at radius 1 is 1.42 bits per heavy atom. The number of carbonyl (C=O) groups excluding carboxylic acids is 1. The molecule has 0 fully saturated rings. The van der Waals surface area contributed by atoms with Gasteiger partial charge in [-0.1, -0.05) is 35.8 Å². The predicted octanol–water partition coefficient (Wildman–Crippen LogP) is 3.28. The number of rotatable bonds is 5. The average molecular weight is 350 g/mol. The van der Waals surface area contributed by atoms with E-state index in [2.05, 4.69) is 35.1 Å². The number of halogens is 2. The summed E-state index contributed by atoms with van der Waals surface area (Å²) in [6.07, 6.45) is 0.898. The topological polar surface area (TPSA) is 55.1 Å². The summed E-state index contributed by atoms with van der Waals surface area (Å²) in [5.74, 6) is 0.454. The minimum Gasteiger partial charge on any atom is -0.348 e. The van der Waals surface area contributed by atoms with E-state index in [1.165, 1.54) is 0 Å². The zero-order valence-corrected chi connectivity index (χ0v) is 14.0. The number of hydrogen-bond acceptors (Lipinski definition) is 2. The molecule has 3 N–H and O–H groups in total. The van der Waals surface area contributed by atoms with Crippen LogP contribution in [0.25, 0.3) is 0 Å². The molecule has 1 atom stereocenters. The van der Waals surface area contributed by atoms with Gasteiger partial charge < -0.3 is 11.1 Å². The summed E-state index contributed by atoms with van der Waals surface area (Å²) in [7, 11) is 0. The highest BCUT2D eigenvalue weighted by Gasteiger charge is 2.14. The van der Waals surface area contributed by atoms with Crippen LogP contribution in [0.1, 0.15) is 36.2 Å². The molecule has 3 nitrogen and oxygen atoms in total. The molecule has 0 saturated heterocycles. The second-order valence-electron chi connectivity index (χ2n) is 5.00. The zero-order chi connectivity index (χ0) is 13.7. The number of amides is 1. The van der Waals surface area contributed by atoms with Crippen LogP contribution in [-0.4, -0.2) is 18.5 Å². The van der Waals surface area contributed by atoms with Crippen LogP contribution in [0.5, 0.6) is 0 Å². The van der Waals surface area contributed by atoms with Crippen LogP contribution in [0, 0.1) is 12.8 Å². The lowest BCUT2D eigenvalue weighted by Crippen LogP contribution is -2.41. The van der Waals surface area contributed by atoms with Crippen molar-refractivity contribution in [3.63, 3.8) is 0 Å². The first-order valence-corrected chi connectivity index (χ1v) is 7.00. The van der Waals surface area contributed by atoms with E-state index < -0.39 is 0 Å². The molecule has 1 amide bonds. The minimum atomic E-state index is -0.0631. The van der Waals surface area contributed by atoms with E-state index in [1.54, 1.807) is 0 Å². The molecule has 108 valence electrons. The molecular weight excluding hydrogens is 328 g/mol. The molecule has 1 aromatic carbocycles. The first-order valence-electron chi connectivity index (χ1n) is 6.21. The van der Waals surface area contributed by atoms with Crippen LogP contribution < -0.4 is 11.1 Å². The van der Waals surface area contributed by atoms with Gasteiger partial charge in [-0.2, -0.15) is 0 Å². The maximum Gasteiger partial charge on any atom is 0.251 e.